The number of ether oxygens (including phenoxy) is 1. The van der Waals surface area contributed by atoms with E-state index < -0.39 is 6.10 Å². The van der Waals surface area contributed by atoms with Gasteiger partial charge in [0.2, 0.25) is 0 Å². The zero-order chi connectivity index (χ0) is 25.7. The molecule has 4 aromatic carbocycles. The van der Waals surface area contributed by atoms with Crippen LogP contribution in [0.5, 0.6) is 11.5 Å². The van der Waals surface area contributed by atoms with E-state index in [4.69, 9.17) is 56.1 Å². The molecule has 0 bridgehead atoms. The third-order valence-corrected chi connectivity index (χ3v) is 7.46. The van der Waals surface area contributed by atoms with Gasteiger partial charge in [-0.05, 0) is 60.2 Å². The van der Waals surface area contributed by atoms with Gasteiger partial charge in [0.1, 0.15) is 11.5 Å². The van der Waals surface area contributed by atoms with Crippen LogP contribution in [0.4, 0.5) is 0 Å². The molecule has 1 aliphatic rings. The molecule has 7 heteroatoms. The van der Waals surface area contributed by atoms with Crippen molar-refractivity contribution in [2.75, 3.05) is 0 Å². The standard InChI is InChI=1S/C30H17Cl4NO2/c31-16-9-11-18(23(33)13-16)22-15-25(20-5-1-3-7-26(20)36)35-29-21-6-2-4-8-27(21)37-30(28(22)29)19-12-10-17(32)14-24(19)34/h1-15,30,36H. The summed E-state index contributed by atoms with van der Waals surface area (Å²) in [5.74, 6) is 0.793. The molecule has 0 aliphatic carbocycles. The summed E-state index contributed by atoms with van der Waals surface area (Å²) < 4.78 is 6.57. The molecule has 182 valence electrons. The van der Waals surface area contributed by atoms with Crippen molar-refractivity contribution in [1.82, 2.24) is 4.98 Å². The topological polar surface area (TPSA) is 42.4 Å². The quantitative estimate of drug-likeness (QED) is 0.237. The molecule has 2 heterocycles. The summed E-state index contributed by atoms with van der Waals surface area (Å²) in [7, 11) is 0. The normalized spacial score (nSPS) is 14.0. The lowest BCUT2D eigenvalue weighted by Crippen LogP contribution is -2.18. The predicted molar refractivity (Wildman–Crippen MR) is 151 cm³/mol. The Hall–Kier alpha value is -3.21. The highest BCUT2D eigenvalue weighted by Crippen LogP contribution is 2.51. The lowest BCUT2D eigenvalue weighted by Gasteiger charge is -2.31. The number of halogens is 4. The van der Waals surface area contributed by atoms with E-state index in [1.807, 2.05) is 54.6 Å². The van der Waals surface area contributed by atoms with E-state index in [0.717, 1.165) is 27.8 Å². The average molecular weight is 565 g/mol. The number of benzene rings is 4. The maximum Gasteiger partial charge on any atom is 0.153 e. The van der Waals surface area contributed by atoms with Crippen molar-refractivity contribution in [3.05, 3.63) is 122 Å². The van der Waals surface area contributed by atoms with Gasteiger partial charge >= 0.3 is 0 Å². The van der Waals surface area contributed by atoms with Crippen molar-refractivity contribution in [3.8, 4) is 45.1 Å². The van der Waals surface area contributed by atoms with Crippen molar-refractivity contribution in [1.29, 1.82) is 0 Å². The van der Waals surface area contributed by atoms with Gasteiger partial charge in [0.25, 0.3) is 0 Å². The minimum atomic E-state index is -0.595. The van der Waals surface area contributed by atoms with E-state index >= 15 is 0 Å². The van der Waals surface area contributed by atoms with E-state index in [1.54, 1.807) is 36.4 Å². The molecule has 37 heavy (non-hydrogen) atoms. The summed E-state index contributed by atoms with van der Waals surface area (Å²) in [5, 5.41) is 12.7. The predicted octanol–water partition coefficient (Wildman–Crippen LogP) is 9.88. The molecule has 6 rings (SSSR count). The van der Waals surface area contributed by atoms with Crippen molar-refractivity contribution in [2.45, 2.75) is 6.10 Å². The number of phenolic OH excluding ortho intramolecular Hbond substituents is 1. The molecule has 1 atom stereocenters. The number of para-hydroxylation sites is 2. The molecule has 1 N–H and O–H groups in total. The Morgan fingerprint density at radius 3 is 2.05 bits per heavy atom. The number of fused-ring (bicyclic) bond motifs is 3. The minimum absolute atomic E-state index is 0.126. The average Bonchev–Trinajstić information content (AvgIpc) is 2.88. The number of phenols is 1. The zero-order valence-corrected chi connectivity index (χ0v) is 22.1. The van der Waals surface area contributed by atoms with Gasteiger partial charge in [-0.15, -0.1) is 0 Å². The number of aromatic nitrogens is 1. The summed E-state index contributed by atoms with van der Waals surface area (Å²) in [6, 6.07) is 27.4. The van der Waals surface area contributed by atoms with E-state index in [-0.39, 0.29) is 5.75 Å². The summed E-state index contributed by atoms with van der Waals surface area (Å²) in [6.45, 7) is 0. The maximum atomic E-state index is 10.7. The third kappa shape index (κ3) is 4.32. The Labute approximate surface area is 233 Å². The number of pyridine rings is 1. The minimum Gasteiger partial charge on any atom is -0.507 e. The number of aromatic hydroxyl groups is 1. The lowest BCUT2D eigenvalue weighted by molar-refractivity contribution is 0.243. The molecule has 0 radical (unpaired) electrons. The number of hydrogen-bond donors (Lipinski definition) is 1. The second-order valence-corrected chi connectivity index (χ2v) is 10.3. The molecule has 1 aliphatic heterocycles. The Morgan fingerprint density at radius 2 is 1.32 bits per heavy atom. The Balaban J connectivity index is 1.73. The van der Waals surface area contributed by atoms with Crippen LogP contribution in [-0.4, -0.2) is 10.1 Å². The second kappa shape index (κ2) is 9.59. The highest BCUT2D eigenvalue weighted by atomic mass is 35.5. The van der Waals surface area contributed by atoms with Gasteiger partial charge < -0.3 is 9.84 Å². The van der Waals surface area contributed by atoms with E-state index in [9.17, 15) is 5.11 Å². The fourth-order valence-electron chi connectivity index (χ4n) is 4.67. The molecule has 1 unspecified atom stereocenters. The van der Waals surface area contributed by atoms with Gasteiger partial charge in [-0.25, -0.2) is 4.98 Å². The van der Waals surface area contributed by atoms with Gasteiger partial charge in [-0.2, -0.15) is 0 Å². The van der Waals surface area contributed by atoms with Gasteiger partial charge in [-0.3, -0.25) is 0 Å². The molecule has 0 fully saturated rings. The number of rotatable bonds is 3. The van der Waals surface area contributed by atoms with Gasteiger partial charge in [-0.1, -0.05) is 82.8 Å². The number of nitrogens with zero attached hydrogens (tertiary/aromatic N) is 1. The monoisotopic (exact) mass is 563 g/mol. The molecule has 0 spiro atoms. The molecule has 5 aromatic rings. The van der Waals surface area contributed by atoms with Crippen LogP contribution in [0.3, 0.4) is 0 Å². The van der Waals surface area contributed by atoms with Crippen LogP contribution in [0.25, 0.3) is 33.6 Å². The summed E-state index contributed by atoms with van der Waals surface area (Å²) in [6.07, 6.45) is -0.595. The fourth-order valence-corrected chi connectivity index (χ4v) is 5.69. The van der Waals surface area contributed by atoms with Crippen LogP contribution >= 0.6 is 46.4 Å². The fraction of sp³-hybridized carbons (Fsp3) is 0.0333. The van der Waals surface area contributed by atoms with Crippen molar-refractivity contribution >= 4 is 46.4 Å². The molecule has 0 saturated carbocycles. The van der Waals surface area contributed by atoms with Gasteiger partial charge in [0, 0.05) is 47.9 Å². The smallest absolute Gasteiger partial charge is 0.153 e. The summed E-state index contributed by atoms with van der Waals surface area (Å²) >= 11 is 25.9. The first-order valence-electron chi connectivity index (χ1n) is 11.4. The highest BCUT2D eigenvalue weighted by Gasteiger charge is 2.34. The molecule has 0 amide bonds. The molecular weight excluding hydrogens is 548 g/mol. The lowest BCUT2D eigenvalue weighted by atomic mass is 9.86. The Morgan fingerprint density at radius 1 is 0.649 bits per heavy atom. The van der Waals surface area contributed by atoms with Crippen LogP contribution < -0.4 is 4.74 Å². The third-order valence-electron chi connectivity index (χ3n) is 6.35. The second-order valence-electron chi connectivity index (χ2n) is 8.62. The summed E-state index contributed by atoms with van der Waals surface area (Å²) in [5.41, 5.74) is 5.80. The SMILES string of the molecule is Oc1ccccc1-c1cc(-c2ccc(Cl)cc2Cl)c2c(n1)-c1ccccc1OC2c1ccc(Cl)cc1Cl. The Kier molecular flexibility index (Phi) is 6.26. The van der Waals surface area contributed by atoms with Gasteiger partial charge in [0.15, 0.2) is 6.10 Å². The van der Waals surface area contributed by atoms with Crippen LogP contribution in [0.15, 0.2) is 91.0 Å². The van der Waals surface area contributed by atoms with Crippen LogP contribution in [0, 0.1) is 0 Å². The van der Waals surface area contributed by atoms with Crippen molar-refractivity contribution in [3.63, 3.8) is 0 Å². The largest absolute Gasteiger partial charge is 0.507 e. The molecule has 0 saturated heterocycles. The van der Waals surface area contributed by atoms with Crippen LogP contribution in [-0.2, 0) is 0 Å². The van der Waals surface area contributed by atoms with Crippen molar-refractivity contribution < 1.29 is 9.84 Å². The van der Waals surface area contributed by atoms with Crippen LogP contribution in [0.2, 0.25) is 20.1 Å². The molecule has 3 nitrogen and oxygen atoms in total. The molecule has 1 aromatic heterocycles. The van der Waals surface area contributed by atoms with E-state index in [2.05, 4.69) is 0 Å². The summed E-state index contributed by atoms with van der Waals surface area (Å²) in [4.78, 5) is 5.06. The van der Waals surface area contributed by atoms with Gasteiger partial charge in [0.05, 0.1) is 11.4 Å². The Bertz CT molecular complexity index is 1690. The first-order valence-corrected chi connectivity index (χ1v) is 12.9. The first-order chi connectivity index (χ1) is 17.9. The number of hydrogen-bond acceptors (Lipinski definition) is 3. The van der Waals surface area contributed by atoms with Crippen molar-refractivity contribution in [2.24, 2.45) is 0 Å². The molecular formula is C30H17Cl4NO2. The maximum absolute atomic E-state index is 10.7. The van der Waals surface area contributed by atoms with Crippen LogP contribution in [0.1, 0.15) is 17.2 Å². The highest BCUT2D eigenvalue weighted by molar-refractivity contribution is 6.36. The zero-order valence-electron chi connectivity index (χ0n) is 19.1. The van der Waals surface area contributed by atoms with E-state index in [1.165, 1.54) is 0 Å². The first kappa shape index (κ1) is 24.1. The van der Waals surface area contributed by atoms with E-state index in [0.29, 0.717) is 42.8 Å².